The van der Waals surface area contributed by atoms with Gasteiger partial charge in [0.25, 0.3) is 0 Å². The monoisotopic (exact) mass is 418 g/mol. The van der Waals surface area contributed by atoms with Crippen LogP contribution in [0.25, 0.3) is 10.8 Å². The van der Waals surface area contributed by atoms with Crippen LogP contribution >= 0.6 is 11.6 Å². The number of fused-ring (bicyclic) bond motifs is 1. The van der Waals surface area contributed by atoms with Gasteiger partial charge in [0.15, 0.2) is 9.84 Å². The van der Waals surface area contributed by atoms with Crippen LogP contribution in [0, 0.1) is 6.92 Å². The molecule has 0 heterocycles. The molecule has 0 saturated carbocycles. The zero-order valence-corrected chi connectivity index (χ0v) is 17.2. The van der Waals surface area contributed by atoms with E-state index < -0.39 is 9.84 Å². The van der Waals surface area contributed by atoms with Crippen molar-refractivity contribution in [2.24, 2.45) is 0 Å². The number of benzene rings is 3. The highest BCUT2D eigenvalue weighted by molar-refractivity contribution is 7.90. The van der Waals surface area contributed by atoms with Gasteiger partial charge >= 0.3 is 5.97 Å². The lowest BCUT2D eigenvalue weighted by atomic mass is 10.0. The highest BCUT2D eigenvalue weighted by Crippen LogP contribution is 2.37. The number of sulfone groups is 1. The fraction of sp³-hybridized carbons (Fsp3) is 0.190. The van der Waals surface area contributed by atoms with Crippen molar-refractivity contribution in [3.8, 4) is 11.5 Å². The summed E-state index contributed by atoms with van der Waals surface area (Å²) in [5, 5.41) is 2.26. The first-order valence-electron chi connectivity index (χ1n) is 8.48. The lowest BCUT2D eigenvalue weighted by Gasteiger charge is -2.16. The maximum Gasteiger partial charge on any atom is 0.302 e. The van der Waals surface area contributed by atoms with Crippen molar-refractivity contribution in [1.29, 1.82) is 0 Å². The highest BCUT2D eigenvalue weighted by Gasteiger charge is 2.15. The van der Waals surface area contributed by atoms with Crippen molar-refractivity contribution in [2.45, 2.75) is 25.3 Å². The molecular formula is C21H19ClO5S. The van der Waals surface area contributed by atoms with Gasteiger partial charge in [-0.15, -0.1) is 0 Å². The average molecular weight is 419 g/mol. The zero-order chi connectivity index (χ0) is 20.5. The summed E-state index contributed by atoms with van der Waals surface area (Å²) in [5.41, 5.74) is 1.62. The lowest BCUT2D eigenvalue weighted by molar-refractivity contribution is -0.142. The Balaban J connectivity index is 2.08. The van der Waals surface area contributed by atoms with Gasteiger partial charge in [0.2, 0.25) is 0 Å². The number of esters is 1. The fourth-order valence-electron chi connectivity index (χ4n) is 2.83. The van der Waals surface area contributed by atoms with Crippen LogP contribution in [0.15, 0.2) is 53.4 Å². The molecule has 0 unspecified atom stereocenters. The van der Waals surface area contributed by atoms with Crippen LogP contribution in [0.5, 0.6) is 11.5 Å². The lowest BCUT2D eigenvalue weighted by Crippen LogP contribution is -2.02. The molecule has 3 rings (SSSR count). The van der Waals surface area contributed by atoms with Gasteiger partial charge in [0.1, 0.15) is 18.1 Å². The molecule has 5 nitrogen and oxygen atoms in total. The summed E-state index contributed by atoms with van der Waals surface area (Å²) < 4.78 is 34.5. The molecule has 0 bridgehead atoms. The van der Waals surface area contributed by atoms with Crippen molar-refractivity contribution in [2.75, 3.05) is 6.26 Å². The van der Waals surface area contributed by atoms with E-state index in [4.69, 9.17) is 21.1 Å². The first-order valence-corrected chi connectivity index (χ1v) is 10.7. The number of hydrogen-bond donors (Lipinski definition) is 0. The van der Waals surface area contributed by atoms with Gasteiger partial charge in [-0.3, -0.25) is 4.79 Å². The Bertz CT molecular complexity index is 1150. The molecule has 146 valence electrons. The summed E-state index contributed by atoms with van der Waals surface area (Å²) in [7, 11) is -3.28. The van der Waals surface area contributed by atoms with Gasteiger partial charge in [0.05, 0.1) is 4.90 Å². The zero-order valence-electron chi connectivity index (χ0n) is 15.7. The predicted molar refractivity (Wildman–Crippen MR) is 109 cm³/mol. The molecule has 7 heteroatoms. The van der Waals surface area contributed by atoms with Crippen molar-refractivity contribution < 1.29 is 22.7 Å². The van der Waals surface area contributed by atoms with Crippen LogP contribution in [-0.2, 0) is 26.0 Å². The molecule has 28 heavy (non-hydrogen) atoms. The number of carbonyl (C=O) groups excluding carboxylic acids is 1. The summed E-state index contributed by atoms with van der Waals surface area (Å²) in [6, 6.07) is 13.6. The summed E-state index contributed by atoms with van der Waals surface area (Å²) in [6.07, 6.45) is 1.15. The number of carbonyl (C=O) groups is 1. The summed E-state index contributed by atoms with van der Waals surface area (Å²) in [5.74, 6) is 0.699. The SMILES string of the molecule is CC(=O)OCc1cc2ccc(Cl)cc2c(Oc2ccc(S(C)(=O)=O)cc2)c1C. The van der Waals surface area contributed by atoms with E-state index in [1.807, 2.05) is 19.1 Å². The van der Waals surface area contributed by atoms with Gasteiger partial charge in [-0.1, -0.05) is 17.7 Å². The number of rotatable bonds is 5. The van der Waals surface area contributed by atoms with Crippen molar-refractivity contribution in [3.05, 3.63) is 64.7 Å². The van der Waals surface area contributed by atoms with E-state index in [-0.39, 0.29) is 17.5 Å². The van der Waals surface area contributed by atoms with Crippen molar-refractivity contribution >= 4 is 38.2 Å². The number of ether oxygens (including phenoxy) is 2. The van der Waals surface area contributed by atoms with Crippen LogP contribution in [0.1, 0.15) is 18.1 Å². The fourth-order valence-corrected chi connectivity index (χ4v) is 3.63. The van der Waals surface area contributed by atoms with Gasteiger partial charge < -0.3 is 9.47 Å². The number of hydrogen-bond acceptors (Lipinski definition) is 5. The minimum Gasteiger partial charge on any atom is -0.461 e. The quantitative estimate of drug-likeness (QED) is 0.541. The van der Waals surface area contributed by atoms with Gasteiger partial charge in [0, 0.05) is 23.6 Å². The van der Waals surface area contributed by atoms with Gasteiger partial charge in [-0.05, 0) is 65.9 Å². The molecule has 0 saturated heterocycles. The smallest absolute Gasteiger partial charge is 0.302 e. The van der Waals surface area contributed by atoms with Crippen molar-refractivity contribution in [1.82, 2.24) is 0 Å². The molecule has 0 N–H and O–H groups in total. The minimum atomic E-state index is -3.28. The molecule has 0 fully saturated rings. The van der Waals surface area contributed by atoms with E-state index in [0.717, 1.165) is 28.2 Å². The molecule has 0 aliphatic heterocycles. The highest BCUT2D eigenvalue weighted by atomic mass is 35.5. The normalized spacial score (nSPS) is 11.4. The molecule has 0 atom stereocenters. The second-order valence-corrected chi connectivity index (χ2v) is 8.93. The van der Waals surface area contributed by atoms with E-state index in [1.165, 1.54) is 19.1 Å². The second-order valence-electron chi connectivity index (χ2n) is 6.48. The Morgan fingerprint density at radius 2 is 1.75 bits per heavy atom. The standard InChI is InChI=1S/C21H19ClO5S/c1-13-16(12-26-14(2)23)10-15-4-5-17(22)11-20(15)21(13)27-18-6-8-19(9-7-18)28(3,24)25/h4-11H,12H2,1-3H3. The molecule has 0 radical (unpaired) electrons. The van der Waals surface area contributed by atoms with Crippen LogP contribution in [0.4, 0.5) is 0 Å². The van der Waals surface area contributed by atoms with Crippen LogP contribution in [0.3, 0.4) is 0 Å². The number of halogens is 1. The largest absolute Gasteiger partial charge is 0.461 e. The Labute approximate surface area is 168 Å². The van der Waals surface area contributed by atoms with Crippen LogP contribution < -0.4 is 4.74 Å². The van der Waals surface area contributed by atoms with Gasteiger partial charge in [-0.25, -0.2) is 8.42 Å². The van der Waals surface area contributed by atoms with E-state index in [9.17, 15) is 13.2 Å². The maximum atomic E-state index is 11.6. The molecule has 3 aromatic rings. The Morgan fingerprint density at radius 1 is 1.07 bits per heavy atom. The Morgan fingerprint density at radius 3 is 2.36 bits per heavy atom. The molecule has 0 spiro atoms. The van der Waals surface area contributed by atoms with Crippen molar-refractivity contribution in [3.63, 3.8) is 0 Å². The van der Waals surface area contributed by atoms with E-state index in [1.54, 1.807) is 24.3 Å². The molecular weight excluding hydrogens is 400 g/mol. The van der Waals surface area contributed by atoms with Crippen LogP contribution in [-0.4, -0.2) is 20.6 Å². The Kier molecular flexibility index (Phi) is 5.63. The van der Waals surface area contributed by atoms with E-state index in [0.29, 0.717) is 16.5 Å². The predicted octanol–water partition coefficient (Wildman–Crippen LogP) is 5.06. The van der Waals surface area contributed by atoms with Crippen LogP contribution in [0.2, 0.25) is 5.02 Å². The summed E-state index contributed by atoms with van der Waals surface area (Å²) in [6.45, 7) is 3.36. The molecule has 0 aliphatic carbocycles. The average Bonchev–Trinajstić information content (AvgIpc) is 2.62. The van der Waals surface area contributed by atoms with E-state index >= 15 is 0 Å². The molecule has 3 aromatic carbocycles. The topological polar surface area (TPSA) is 69.7 Å². The first kappa shape index (κ1) is 20.2. The first-order chi connectivity index (χ1) is 13.1. The second kappa shape index (κ2) is 7.81. The summed E-state index contributed by atoms with van der Waals surface area (Å²) >= 11 is 6.17. The minimum absolute atomic E-state index is 0.128. The third kappa shape index (κ3) is 4.46. The molecule has 0 aromatic heterocycles. The maximum absolute atomic E-state index is 11.6. The molecule has 0 amide bonds. The third-order valence-corrected chi connectivity index (χ3v) is 5.68. The Hall–Kier alpha value is -2.57. The third-order valence-electron chi connectivity index (χ3n) is 4.31. The van der Waals surface area contributed by atoms with Gasteiger partial charge in [-0.2, -0.15) is 0 Å². The summed E-state index contributed by atoms with van der Waals surface area (Å²) in [4.78, 5) is 11.4. The van der Waals surface area contributed by atoms with E-state index in [2.05, 4.69) is 0 Å². The molecule has 0 aliphatic rings.